The number of benzene rings is 1. The van der Waals surface area contributed by atoms with Gasteiger partial charge in [0, 0.05) is 28.5 Å². The minimum absolute atomic E-state index is 0.105. The maximum atomic E-state index is 12.7. The first-order chi connectivity index (χ1) is 11.0. The van der Waals surface area contributed by atoms with E-state index in [4.69, 9.17) is 0 Å². The van der Waals surface area contributed by atoms with Crippen LogP contribution < -0.4 is 0 Å². The molecule has 1 aromatic heterocycles. The summed E-state index contributed by atoms with van der Waals surface area (Å²) in [5.41, 5.74) is 1.43. The molecule has 2 atom stereocenters. The molecule has 1 saturated carbocycles. The van der Waals surface area contributed by atoms with Crippen molar-refractivity contribution in [3.8, 4) is 0 Å². The number of rotatable bonds is 3. The molecular weight excluding hydrogens is 360 g/mol. The number of hydrogen-bond acceptors (Lipinski definition) is 2. The molecule has 4 rings (SSSR count). The van der Waals surface area contributed by atoms with Crippen molar-refractivity contribution in [2.24, 2.45) is 17.8 Å². The van der Waals surface area contributed by atoms with Crippen LogP contribution in [-0.2, 0) is 4.79 Å². The molecule has 0 spiro atoms. The summed E-state index contributed by atoms with van der Waals surface area (Å²) in [4.78, 5) is 29.1. The molecule has 2 aromatic rings. The van der Waals surface area contributed by atoms with Crippen molar-refractivity contribution in [3.05, 3.63) is 34.4 Å². The predicted octanol–water partition coefficient (Wildman–Crippen LogP) is 3.11. The number of likely N-dealkylation sites (tertiary alicyclic amines) is 1. The van der Waals surface area contributed by atoms with Gasteiger partial charge in [-0.25, -0.2) is 0 Å². The number of fused-ring (bicyclic) bond motifs is 1. The molecule has 23 heavy (non-hydrogen) atoms. The van der Waals surface area contributed by atoms with Crippen LogP contribution in [0.1, 0.15) is 23.3 Å². The van der Waals surface area contributed by atoms with Crippen molar-refractivity contribution in [2.75, 3.05) is 13.1 Å². The maximum absolute atomic E-state index is 12.7. The molecule has 2 aliphatic rings. The van der Waals surface area contributed by atoms with Crippen molar-refractivity contribution < 1.29 is 14.7 Å². The quantitative estimate of drug-likeness (QED) is 0.863. The third kappa shape index (κ3) is 2.65. The molecule has 1 aliphatic heterocycles. The SMILES string of the molecule is O=C(O)[C@H]1CN(C(=O)c2cc3cc(Br)ccc3[nH]2)C[C@@H]1C1CC1. The van der Waals surface area contributed by atoms with Crippen LogP contribution in [0, 0.1) is 17.8 Å². The van der Waals surface area contributed by atoms with Crippen LogP contribution in [-0.4, -0.2) is 40.0 Å². The number of hydrogen-bond donors (Lipinski definition) is 2. The van der Waals surface area contributed by atoms with Gasteiger partial charge in [-0.15, -0.1) is 0 Å². The summed E-state index contributed by atoms with van der Waals surface area (Å²) in [5.74, 6) is -0.725. The van der Waals surface area contributed by atoms with Crippen LogP contribution in [0.25, 0.3) is 10.9 Å². The van der Waals surface area contributed by atoms with E-state index in [1.807, 2.05) is 24.3 Å². The zero-order chi connectivity index (χ0) is 16.1. The largest absolute Gasteiger partial charge is 0.481 e. The highest BCUT2D eigenvalue weighted by molar-refractivity contribution is 9.10. The molecule has 1 amide bonds. The zero-order valence-corrected chi connectivity index (χ0v) is 14.0. The van der Waals surface area contributed by atoms with E-state index in [1.165, 1.54) is 0 Å². The van der Waals surface area contributed by atoms with Crippen LogP contribution in [0.4, 0.5) is 0 Å². The number of amides is 1. The molecule has 0 bridgehead atoms. The van der Waals surface area contributed by atoms with Gasteiger partial charge in [0.15, 0.2) is 0 Å². The fourth-order valence-corrected chi connectivity index (χ4v) is 4.03. The van der Waals surface area contributed by atoms with E-state index in [9.17, 15) is 14.7 Å². The molecule has 2 N–H and O–H groups in total. The van der Waals surface area contributed by atoms with Crippen molar-refractivity contribution in [2.45, 2.75) is 12.8 Å². The molecule has 0 radical (unpaired) electrons. The highest BCUT2D eigenvalue weighted by Crippen LogP contribution is 2.44. The number of H-pyrrole nitrogens is 1. The second-order valence-corrected chi connectivity index (χ2v) is 7.49. The molecule has 120 valence electrons. The first-order valence-corrected chi connectivity index (χ1v) is 8.62. The summed E-state index contributed by atoms with van der Waals surface area (Å²) in [7, 11) is 0. The third-order valence-corrected chi connectivity index (χ3v) is 5.50. The lowest BCUT2D eigenvalue weighted by Gasteiger charge is -2.15. The summed E-state index contributed by atoms with van der Waals surface area (Å²) < 4.78 is 0.962. The van der Waals surface area contributed by atoms with Gasteiger partial charge in [0.1, 0.15) is 5.69 Å². The van der Waals surface area contributed by atoms with E-state index in [0.29, 0.717) is 24.7 Å². The normalized spacial score (nSPS) is 24.3. The van der Waals surface area contributed by atoms with Gasteiger partial charge >= 0.3 is 5.97 Å². The van der Waals surface area contributed by atoms with E-state index >= 15 is 0 Å². The lowest BCUT2D eigenvalue weighted by Crippen LogP contribution is -2.30. The number of carbonyl (C=O) groups is 2. The van der Waals surface area contributed by atoms with Gasteiger partial charge in [-0.05, 0) is 48.9 Å². The van der Waals surface area contributed by atoms with E-state index in [-0.39, 0.29) is 11.8 Å². The average molecular weight is 377 g/mol. The number of aromatic nitrogens is 1. The fourth-order valence-electron chi connectivity index (χ4n) is 3.65. The molecule has 5 nitrogen and oxygen atoms in total. The Bertz CT molecular complexity index is 796. The number of nitrogens with zero attached hydrogens (tertiary/aromatic N) is 1. The van der Waals surface area contributed by atoms with Gasteiger partial charge in [-0.2, -0.15) is 0 Å². The fraction of sp³-hybridized carbons (Fsp3) is 0.412. The van der Waals surface area contributed by atoms with E-state index < -0.39 is 11.9 Å². The van der Waals surface area contributed by atoms with Crippen molar-refractivity contribution in [1.29, 1.82) is 0 Å². The summed E-state index contributed by atoms with van der Waals surface area (Å²) in [6, 6.07) is 7.64. The molecule has 2 heterocycles. The van der Waals surface area contributed by atoms with E-state index in [0.717, 1.165) is 28.2 Å². The van der Waals surface area contributed by atoms with Gasteiger partial charge in [-0.3, -0.25) is 9.59 Å². The molecule has 6 heteroatoms. The molecule has 1 aromatic carbocycles. The summed E-state index contributed by atoms with van der Waals surface area (Å²) in [6.07, 6.45) is 2.19. The summed E-state index contributed by atoms with van der Waals surface area (Å²) >= 11 is 3.43. The number of aromatic amines is 1. The highest BCUT2D eigenvalue weighted by atomic mass is 79.9. The second kappa shape index (κ2) is 5.37. The van der Waals surface area contributed by atoms with Gasteiger partial charge < -0.3 is 15.0 Å². The maximum Gasteiger partial charge on any atom is 0.308 e. The highest BCUT2D eigenvalue weighted by Gasteiger charge is 2.47. The lowest BCUT2D eigenvalue weighted by atomic mass is 9.92. The first-order valence-electron chi connectivity index (χ1n) is 7.83. The van der Waals surface area contributed by atoms with E-state index in [2.05, 4.69) is 20.9 Å². The Morgan fingerprint density at radius 1 is 1.22 bits per heavy atom. The molecular formula is C17H17BrN2O3. The number of carboxylic acids is 1. The monoisotopic (exact) mass is 376 g/mol. The molecule has 1 saturated heterocycles. The van der Waals surface area contributed by atoms with Crippen molar-refractivity contribution in [3.63, 3.8) is 0 Å². The Morgan fingerprint density at radius 3 is 2.70 bits per heavy atom. The van der Waals surface area contributed by atoms with Crippen LogP contribution in [0.15, 0.2) is 28.7 Å². The van der Waals surface area contributed by atoms with E-state index in [1.54, 1.807) is 4.90 Å². The minimum atomic E-state index is -0.780. The zero-order valence-electron chi connectivity index (χ0n) is 12.5. The number of carbonyl (C=O) groups excluding carboxylic acids is 1. The third-order valence-electron chi connectivity index (χ3n) is 5.01. The smallest absolute Gasteiger partial charge is 0.308 e. The second-order valence-electron chi connectivity index (χ2n) is 6.57. The lowest BCUT2D eigenvalue weighted by molar-refractivity contribution is -0.142. The van der Waals surface area contributed by atoms with Crippen LogP contribution in [0.5, 0.6) is 0 Å². The van der Waals surface area contributed by atoms with Crippen LogP contribution >= 0.6 is 15.9 Å². The predicted molar refractivity (Wildman–Crippen MR) is 89.2 cm³/mol. The molecule has 1 aliphatic carbocycles. The number of aliphatic carboxylic acids is 1. The van der Waals surface area contributed by atoms with Crippen LogP contribution in [0.2, 0.25) is 0 Å². The number of nitrogens with one attached hydrogen (secondary N) is 1. The Morgan fingerprint density at radius 2 is 2.00 bits per heavy atom. The topological polar surface area (TPSA) is 73.4 Å². The summed E-state index contributed by atoms with van der Waals surface area (Å²) in [6.45, 7) is 0.869. The van der Waals surface area contributed by atoms with Gasteiger partial charge in [0.25, 0.3) is 5.91 Å². The van der Waals surface area contributed by atoms with Gasteiger partial charge in [0.2, 0.25) is 0 Å². The van der Waals surface area contributed by atoms with Gasteiger partial charge in [-0.1, -0.05) is 15.9 Å². The Labute approximate surface area is 141 Å². The standard InChI is InChI=1S/C17H17BrN2O3/c18-11-3-4-14-10(5-11)6-15(19-14)16(21)20-7-12(9-1-2-9)13(8-20)17(22)23/h3-6,9,12-13,19H,1-2,7-8H2,(H,22,23)/t12-,13+/m1/s1. The Balaban J connectivity index is 1.59. The molecule has 2 fully saturated rings. The molecule has 0 unspecified atom stereocenters. The van der Waals surface area contributed by atoms with Crippen molar-refractivity contribution in [1.82, 2.24) is 9.88 Å². The number of halogens is 1. The average Bonchev–Trinajstić information content (AvgIpc) is 3.11. The van der Waals surface area contributed by atoms with Crippen LogP contribution in [0.3, 0.4) is 0 Å². The Kier molecular flexibility index (Phi) is 3.44. The first kappa shape index (κ1) is 14.8. The minimum Gasteiger partial charge on any atom is -0.481 e. The number of carboxylic acid groups (broad SMARTS) is 1. The Hall–Kier alpha value is -1.82. The van der Waals surface area contributed by atoms with Gasteiger partial charge in [0.05, 0.1) is 5.92 Å². The van der Waals surface area contributed by atoms with Crippen molar-refractivity contribution >= 4 is 38.7 Å². The summed E-state index contributed by atoms with van der Waals surface area (Å²) in [5, 5.41) is 10.4.